The molecule has 0 aromatic carbocycles. The zero-order chi connectivity index (χ0) is 16.0. The Morgan fingerprint density at radius 2 is 2.04 bits per heavy atom. The molecule has 4 nitrogen and oxygen atoms in total. The zero-order valence-electron chi connectivity index (χ0n) is 13.7. The third-order valence-corrected chi connectivity index (χ3v) is 6.70. The molecule has 2 bridgehead atoms. The van der Waals surface area contributed by atoms with Gasteiger partial charge < -0.3 is 9.80 Å². The van der Waals surface area contributed by atoms with Gasteiger partial charge >= 0.3 is 0 Å². The van der Waals surface area contributed by atoms with Crippen LogP contribution in [0.5, 0.6) is 0 Å². The van der Waals surface area contributed by atoms with E-state index in [1.54, 1.807) is 11.3 Å². The summed E-state index contributed by atoms with van der Waals surface area (Å²) >= 11 is 1.55. The molecule has 3 saturated heterocycles. The lowest BCUT2D eigenvalue weighted by atomic mass is 9.83. The van der Waals surface area contributed by atoms with Crippen molar-refractivity contribution >= 4 is 23.2 Å². The molecule has 1 aromatic heterocycles. The molecule has 0 N–H and O–H groups in total. The number of piperidine rings is 1. The number of carbonyl (C=O) groups is 2. The van der Waals surface area contributed by atoms with Crippen LogP contribution >= 0.6 is 11.3 Å². The Morgan fingerprint density at radius 1 is 1.22 bits per heavy atom. The van der Waals surface area contributed by atoms with Crippen molar-refractivity contribution in [3.8, 4) is 0 Å². The topological polar surface area (TPSA) is 40.6 Å². The maximum Gasteiger partial charge on any atom is 0.264 e. The SMILES string of the molecule is Cc1ccc(C(=O)N2C[C@@H]3CC[C@H](C2)N(CC2CCC2)C3=O)s1. The van der Waals surface area contributed by atoms with Crippen molar-refractivity contribution in [1.82, 2.24) is 9.80 Å². The molecule has 3 aliphatic heterocycles. The molecule has 4 heterocycles. The number of hydrogen-bond donors (Lipinski definition) is 0. The van der Waals surface area contributed by atoms with E-state index in [0.29, 0.717) is 24.9 Å². The van der Waals surface area contributed by atoms with Gasteiger partial charge in [0.05, 0.1) is 10.8 Å². The standard InChI is InChI=1S/C18H24N2O2S/c1-12-5-8-16(23-12)18(22)19-10-14-6-7-15(11-19)20(17(14)21)9-13-3-2-4-13/h5,8,13-15H,2-4,6-7,9-11H2,1H3/t14-,15+/m0/s1. The highest BCUT2D eigenvalue weighted by molar-refractivity contribution is 7.13. The molecule has 5 rings (SSSR count). The fourth-order valence-corrected chi connectivity index (χ4v) is 4.94. The molecule has 2 amide bonds. The summed E-state index contributed by atoms with van der Waals surface area (Å²) in [6.07, 6.45) is 5.83. The third-order valence-electron chi connectivity index (χ3n) is 5.71. The Bertz CT molecular complexity index is 622. The maximum atomic E-state index is 12.8. The summed E-state index contributed by atoms with van der Waals surface area (Å²) in [5.41, 5.74) is 0. The molecule has 1 aromatic rings. The summed E-state index contributed by atoms with van der Waals surface area (Å²) in [5.74, 6) is 1.12. The fourth-order valence-electron chi connectivity index (χ4n) is 4.11. The van der Waals surface area contributed by atoms with Gasteiger partial charge in [-0.1, -0.05) is 6.42 Å². The van der Waals surface area contributed by atoms with Crippen molar-refractivity contribution in [2.24, 2.45) is 11.8 Å². The smallest absolute Gasteiger partial charge is 0.264 e. The first-order chi connectivity index (χ1) is 11.1. The van der Waals surface area contributed by atoms with Crippen LogP contribution in [0.15, 0.2) is 12.1 Å². The minimum Gasteiger partial charge on any atom is -0.337 e. The minimum atomic E-state index is 0.0128. The van der Waals surface area contributed by atoms with Crippen molar-refractivity contribution in [3.05, 3.63) is 21.9 Å². The van der Waals surface area contributed by atoms with Gasteiger partial charge in [0.25, 0.3) is 5.91 Å². The van der Waals surface area contributed by atoms with E-state index >= 15 is 0 Å². The second-order valence-electron chi connectivity index (χ2n) is 7.34. The highest BCUT2D eigenvalue weighted by Gasteiger charge is 2.43. The van der Waals surface area contributed by atoms with Gasteiger partial charge in [0.2, 0.25) is 5.91 Å². The van der Waals surface area contributed by atoms with E-state index in [1.165, 1.54) is 19.3 Å². The number of aryl methyl sites for hydroxylation is 1. The van der Waals surface area contributed by atoms with Gasteiger partial charge in [0, 0.05) is 30.6 Å². The van der Waals surface area contributed by atoms with Crippen LogP contribution in [-0.4, -0.2) is 47.3 Å². The molecule has 0 unspecified atom stereocenters. The first-order valence-corrected chi connectivity index (χ1v) is 9.59. The quantitative estimate of drug-likeness (QED) is 0.854. The lowest BCUT2D eigenvalue weighted by molar-refractivity contribution is -0.141. The fraction of sp³-hybridized carbons (Fsp3) is 0.667. The summed E-state index contributed by atoms with van der Waals surface area (Å²) < 4.78 is 0. The lowest BCUT2D eigenvalue weighted by Gasteiger charge is -2.40. The number of amides is 2. The van der Waals surface area contributed by atoms with E-state index in [2.05, 4.69) is 4.90 Å². The van der Waals surface area contributed by atoms with Gasteiger partial charge in [-0.2, -0.15) is 0 Å². The van der Waals surface area contributed by atoms with Gasteiger partial charge in [-0.25, -0.2) is 0 Å². The lowest BCUT2D eigenvalue weighted by Crippen LogP contribution is -2.50. The molecule has 0 radical (unpaired) electrons. The maximum absolute atomic E-state index is 12.8. The monoisotopic (exact) mass is 332 g/mol. The Balaban J connectivity index is 1.52. The average Bonchev–Trinajstić information content (AvgIpc) is 2.75. The predicted octanol–water partition coefficient (Wildman–Crippen LogP) is 2.92. The molecular formula is C18H24N2O2S. The van der Waals surface area contributed by atoms with E-state index in [1.807, 2.05) is 24.0 Å². The van der Waals surface area contributed by atoms with Crippen LogP contribution < -0.4 is 0 Å². The highest BCUT2D eigenvalue weighted by Crippen LogP contribution is 2.34. The predicted molar refractivity (Wildman–Crippen MR) is 90.5 cm³/mol. The van der Waals surface area contributed by atoms with Gasteiger partial charge in [-0.05, 0) is 50.7 Å². The second-order valence-corrected chi connectivity index (χ2v) is 8.62. The Labute approximate surface area is 141 Å². The summed E-state index contributed by atoms with van der Waals surface area (Å²) in [6.45, 7) is 4.26. The number of carbonyl (C=O) groups excluding carboxylic acids is 2. The van der Waals surface area contributed by atoms with Crippen LogP contribution in [0.25, 0.3) is 0 Å². The van der Waals surface area contributed by atoms with Crippen molar-refractivity contribution in [1.29, 1.82) is 0 Å². The molecular weight excluding hydrogens is 308 g/mol. The summed E-state index contributed by atoms with van der Waals surface area (Å²) in [4.78, 5) is 31.6. The van der Waals surface area contributed by atoms with Crippen LogP contribution in [0.4, 0.5) is 0 Å². The van der Waals surface area contributed by atoms with Crippen LogP contribution in [0, 0.1) is 18.8 Å². The van der Waals surface area contributed by atoms with E-state index in [0.717, 1.165) is 29.1 Å². The van der Waals surface area contributed by atoms with Crippen LogP contribution in [0.1, 0.15) is 46.7 Å². The molecule has 23 heavy (non-hydrogen) atoms. The zero-order valence-corrected chi connectivity index (χ0v) is 14.5. The summed E-state index contributed by atoms with van der Waals surface area (Å²) in [7, 11) is 0. The Morgan fingerprint density at radius 3 is 2.70 bits per heavy atom. The number of rotatable bonds is 3. The molecule has 0 spiro atoms. The molecule has 4 aliphatic rings. The highest BCUT2D eigenvalue weighted by atomic mass is 32.1. The Hall–Kier alpha value is -1.36. The number of nitrogens with zero attached hydrogens (tertiary/aromatic N) is 2. The van der Waals surface area contributed by atoms with E-state index in [-0.39, 0.29) is 17.9 Å². The van der Waals surface area contributed by atoms with Gasteiger partial charge in [-0.15, -0.1) is 11.3 Å². The first-order valence-electron chi connectivity index (χ1n) is 8.78. The Kier molecular flexibility index (Phi) is 3.92. The van der Waals surface area contributed by atoms with E-state index in [9.17, 15) is 9.59 Å². The molecule has 5 heteroatoms. The van der Waals surface area contributed by atoms with Gasteiger partial charge in [-0.3, -0.25) is 9.59 Å². The summed E-state index contributed by atoms with van der Waals surface area (Å²) in [5, 5.41) is 0. The van der Waals surface area contributed by atoms with E-state index < -0.39 is 0 Å². The summed E-state index contributed by atoms with van der Waals surface area (Å²) in [6, 6.07) is 4.15. The number of hydrogen-bond acceptors (Lipinski definition) is 3. The molecule has 124 valence electrons. The van der Waals surface area contributed by atoms with E-state index in [4.69, 9.17) is 0 Å². The first kappa shape index (κ1) is 15.2. The number of thiophene rings is 1. The molecule has 2 atom stereocenters. The van der Waals surface area contributed by atoms with Crippen molar-refractivity contribution in [2.45, 2.75) is 45.1 Å². The average molecular weight is 332 g/mol. The van der Waals surface area contributed by atoms with Crippen molar-refractivity contribution in [3.63, 3.8) is 0 Å². The van der Waals surface area contributed by atoms with Crippen LogP contribution in [0.3, 0.4) is 0 Å². The number of fused-ring (bicyclic) bond motifs is 4. The van der Waals surface area contributed by atoms with Crippen molar-refractivity contribution in [2.75, 3.05) is 19.6 Å². The normalized spacial score (nSPS) is 28.0. The van der Waals surface area contributed by atoms with Crippen LogP contribution in [-0.2, 0) is 4.79 Å². The second kappa shape index (κ2) is 5.93. The van der Waals surface area contributed by atoms with Gasteiger partial charge in [0.1, 0.15) is 0 Å². The largest absolute Gasteiger partial charge is 0.337 e. The molecule has 1 aliphatic carbocycles. The third kappa shape index (κ3) is 2.80. The van der Waals surface area contributed by atoms with Crippen LogP contribution in [0.2, 0.25) is 0 Å². The van der Waals surface area contributed by atoms with Gasteiger partial charge in [0.15, 0.2) is 0 Å². The molecule has 4 fully saturated rings. The molecule has 1 saturated carbocycles. The minimum absolute atomic E-state index is 0.0128. The van der Waals surface area contributed by atoms with Crippen molar-refractivity contribution < 1.29 is 9.59 Å².